The van der Waals surface area contributed by atoms with Gasteiger partial charge in [-0.25, -0.2) is 12.8 Å². The minimum atomic E-state index is -4.30. The highest BCUT2D eigenvalue weighted by Gasteiger charge is 2.40. The molecule has 1 aliphatic carbocycles. The van der Waals surface area contributed by atoms with Gasteiger partial charge in [-0.05, 0) is 24.8 Å². The van der Waals surface area contributed by atoms with E-state index >= 15 is 0 Å². The number of carbonyl (C=O) groups is 1. The van der Waals surface area contributed by atoms with Gasteiger partial charge >= 0.3 is 0 Å². The van der Waals surface area contributed by atoms with E-state index in [0.717, 1.165) is 18.6 Å². The maximum atomic E-state index is 14.3. The van der Waals surface area contributed by atoms with Crippen LogP contribution < -0.4 is 10.0 Å². The molecule has 2 rings (SSSR count). The molecule has 0 aromatic heterocycles. The van der Waals surface area contributed by atoms with Crippen LogP contribution in [0.3, 0.4) is 0 Å². The quantitative estimate of drug-likeness (QED) is 0.828. The number of carbonyl (C=O) groups excluding carboxylic acids is 1. The first kappa shape index (κ1) is 19.6. The smallest absolute Gasteiger partial charge is 0.244 e. The summed E-state index contributed by atoms with van der Waals surface area (Å²) >= 11 is 5.95. The van der Waals surface area contributed by atoms with E-state index in [9.17, 15) is 22.9 Å². The fraction of sp³-hybridized carbons (Fsp3) is 0.500. The Morgan fingerprint density at radius 3 is 2.72 bits per heavy atom. The van der Waals surface area contributed by atoms with Gasteiger partial charge in [0.1, 0.15) is 16.3 Å². The van der Waals surface area contributed by atoms with Gasteiger partial charge in [-0.3, -0.25) is 4.79 Å². The van der Waals surface area contributed by atoms with Crippen LogP contribution in [0.2, 0.25) is 5.02 Å². The molecule has 0 saturated heterocycles. The Morgan fingerprint density at radius 2 is 2.16 bits per heavy atom. The lowest BCUT2D eigenvalue weighted by Crippen LogP contribution is -2.50. The van der Waals surface area contributed by atoms with Gasteiger partial charge in [0, 0.05) is 13.0 Å². The number of hydrogen-bond donors (Lipinski definition) is 2. The first-order chi connectivity index (χ1) is 11.6. The second-order valence-corrected chi connectivity index (χ2v) is 8.50. The summed E-state index contributed by atoms with van der Waals surface area (Å²) < 4.78 is 41.9. The molecule has 0 spiro atoms. The highest BCUT2D eigenvalue weighted by atomic mass is 35.5. The number of nitrogens with one attached hydrogen (secondary N) is 2. The monoisotopic (exact) mass is 387 g/mol. The standard InChI is InChI=1S/C16H19ClFN3O3S/c1-10-4-3-5-16(8-10,9-19)21-25(23,24)15-6-12(17)14(7-13(15)18)20-11(2)22/h6-7,10,21H,3-5,8H2,1-2H3,(H,20,22). The molecule has 2 N–H and O–H groups in total. The lowest BCUT2D eigenvalue weighted by atomic mass is 9.78. The molecule has 1 aromatic rings. The van der Waals surface area contributed by atoms with Crippen molar-refractivity contribution in [3.8, 4) is 6.07 Å². The van der Waals surface area contributed by atoms with Gasteiger partial charge in [0.15, 0.2) is 0 Å². The fourth-order valence-electron chi connectivity index (χ4n) is 3.10. The first-order valence-electron chi connectivity index (χ1n) is 7.80. The number of halogens is 2. The van der Waals surface area contributed by atoms with E-state index in [1.807, 2.05) is 13.0 Å². The average molecular weight is 388 g/mol. The molecule has 1 saturated carbocycles. The van der Waals surface area contributed by atoms with Crippen LogP contribution in [0.25, 0.3) is 0 Å². The van der Waals surface area contributed by atoms with Gasteiger partial charge in [-0.1, -0.05) is 31.4 Å². The zero-order chi connectivity index (χ0) is 18.8. The fourth-order valence-corrected chi connectivity index (χ4v) is 4.82. The molecule has 136 valence electrons. The molecule has 1 fully saturated rings. The topological polar surface area (TPSA) is 99.1 Å². The predicted octanol–water partition coefficient (Wildman–Crippen LogP) is 3.19. The number of nitriles is 1. The Balaban J connectivity index is 2.38. The van der Waals surface area contributed by atoms with Gasteiger partial charge in [0.25, 0.3) is 0 Å². The molecule has 0 radical (unpaired) electrons. The Labute approximate surface area is 151 Å². The molecule has 25 heavy (non-hydrogen) atoms. The van der Waals surface area contributed by atoms with Crippen LogP contribution in [0.1, 0.15) is 39.5 Å². The molecule has 0 heterocycles. The molecular weight excluding hydrogens is 369 g/mol. The lowest BCUT2D eigenvalue weighted by Gasteiger charge is -2.34. The number of amides is 1. The molecular formula is C16H19ClFN3O3S. The predicted molar refractivity (Wildman–Crippen MR) is 92.0 cm³/mol. The molecule has 9 heteroatoms. The zero-order valence-electron chi connectivity index (χ0n) is 13.9. The first-order valence-corrected chi connectivity index (χ1v) is 9.66. The molecule has 2 atom stereocenters. The van der Waals surface area contributed by atoms with E-state index in [0.29, 0.717) is 19.3 Å². The van der Waals surface area contributed by atoms with Crippen LogP contribution in [-0.2, 0) is 14.8 Å². The van der Waals surface area contributed by atoms with Crippen molar-refractivity contribution < 1.29 is 17.6 Å². The summed E-state index contributed by atoms with van der Waals surface area (Å²) in [5.41, 5.74) is -1.28. The number of nitrogens with zero attached hydrogens (tertiary/aromatic N) is 1. The minimum absolute atomic E-state index is 0.0214. The van der Waals surface area contributed by atoms with Crippen LogP contribution in [0.15, 0.2) is 17.0 Å². The second kappa shape index (κ2) is 7.28. The molecule has 1 aromatic carbocycles. The van der Waals surface area contributed by atoms with Gasteiger partial charge in [-0.2, -0.15) is 9.98 Å². The van der Waals surface area contributed by atoms with Crippen LogP contribution in [0.5, 0.6) is 0 Å². The Hall–Kier alpha value is -1.69. The Morgan fingerprint density at radius 1 is 1.48 bits per heavy atom. The summed E-state index contributed by atoms with van der Waals surface area (Å²) in [5, 5.41) is 11.7. The van der Waals surface area contributed by atoms with E-state index in [2.05, 4.69) is 10.0 Å². The van der Waals surface area contributed by atoms with E-state index in [1.165, 1.54) is 6.92 Å². The summed E-state index contributed by atoms with van der Waals surface area (Å²) in [5.74, 6) is -1.33. The third kappa shape index (κ3) is 4.48. The van der Waals surface area contributed by atoms with Gasteiger partial charge < -0.3 is 5.32 Å². The number of sulfonamides is 1. The van der Waals surface area contributed by atoms with Crippen LogP contribution >= 0.6 is 11.6 Å². The van der Waals surface area contributed by atoms with Gasteiger partial charge in [-0.15, -0.1) is 0 Å². The van der Waals surface area contributed by atoms with Crippen molar-refractivity contribution in [2.45, 2.75) is 50.0 Å². The van der Waals surface area contributed by atoms with E-state index in [4.69, 9.17) is 11.6 Å². The third-order valence-corrected chi connectivity index (χ3v) is 6.03. The summed E-state index contributed by atoms with van der Waals surface area (Å²) in [4.78, 5) is 10.4. The van der Waals surface area contributed by atoms with Crippen molar-refractivity contribution in [1.82, 2.24) is 4.72 Å². The second-order valence-electron chi connectivity index (χ2n) is 6.44. The zero-order valence-corrected chi connectivity index (χ0v) is 15.5. The molecule has 2 unspecified atom stereocenters. The van der Waals surface area contributed by atoms with Gasteiger partial charge in [0.2, 0.25) is 15.9 Å². The number of hydrogen-bond acceptors (Lipinski definition) is 4. The summed E-state index contributed by atoms with van der Waals surface area (Å²) in [6.07, 6.45) is 2.35. The Bertz CT molecular complexity index is 838. The highest BCUT2D eigenvalue weighted by molar-refractivity contribution is 7.89. The molecule has 6 nitrogen and oxygen atoms in total. The van der Waals surface area contributed by atoms with E-state index in [-0.39, 0.29) is 16.6 Å². The molecule has 0 aliphatic heterocycles. The van der Waals surface area contributed by atoms with Crippen molar-refractivity contribution in [2.75, 3.05) is 5.32 Å². The van der Waals surface area contributed by atoms with Crippen molar-refractivity contribution in [3.63, 3.8) is 0 Å². The van der Waals surface area contributed by atoms with Crippen LogP contribution in [0, 0.1) is 23.1 Å². The van der Waals surface area contributed by atoms with Crippen molar-refractivity contribution in [2.24, 2.45) is 5.92 Å². The van der Waals surface area contributed by atoms with Gasteiger partial charge in [0.05, 0.1) is 16.8 Å². The van der Waals surface area contributed by atoms with Crippen molar-refractivity contribution >= 4 is 33.2 Å². The van der Waals surface area contributed by atoms with Crippen molar-refractivity contribution in [3.05, 3.63) is 23.0 Å². The minimum Gasteiger partial charge on any atom is -0.325 e. The largest absolute Gasteiger partial charge is 0.325 e. The van der Waals surface area contributed by atoms with E-state index in [1.54, 1.807) is 0 Å². The SMILES string of the molecule is CC(=O)Nc1cc(F)c(S(=O)(=O)NC2(C#N)CCCC(C)C2)cc1Cl. The molecule has 0 bridgehead atoms. The highest BCUT2D eigenvalue weighted by Crippen LogP contribution is 2.34. The number of anilines is 1. The maximum absolute atomic E-state index is 14.3. The number of benzene rings is 1. The number of rotatable bonds is 4. The average Bonchev–Trinajstić information content (AvgIpc) is 2.49. The van der Waals surface area contributed by atoms with Crippen molar-refractivity contribution in [1.29, 1.82) is 5.26 Å². The van der Waals surface area contributed by atoms with E-state index < -0.39 is 32.2 Å². The summed E-state index contributed by atoms with van der Waals surface area (Å²) in [6, 6.07) is 3.82. The van der Waals surface area contributed by atoms with Crippen LogP contribution in [-0.4, -0.2) is 19.9 Å². The molecule has 1 amide bonds. The normalized spacial score (nSPS) is 23.7. The Kier molecular flexibility index (Phi) is 5.72. The lowest BCUT2D eigenvalue weighted by molar-refractivity contribution is -0.114. The summed E-state index contributed by atoms with van der Waals surface area (Å²) in [6.45, 7) is 3.17. The third-order valence-electron chi connectivity index (χ3n) is 4.16. The summed E-state index contributed by atoms with van der Waals surface area (Å²) in [7, 11) is -4.30. The molecule has 1 aliphatic rings. The van der Waals surface area contributed by atoms with Crippen LogP contribution in [0.4, 0.5) is 10.1 Å². The maximum Gasteiger partial charge on any atom is 0.244 e.